The van der Waals surface area contributed by atoms with Crippen LogP contribution in [-0.4, -0.2) is 11.5 Å². The van der Waals surface area contributed by atoms with Gasteiger partial charge in [-0.15, -0.1) is 11.3 Å². The van der Waals surface area contributed by atoms with Gasteiger partial charge in [0, 0.05) is 10.4 Å². The second-order valence-corrected chi connectivity index (χ2v) is 5.81. The van der Waals surface area contributed by atoms with E-state index in [0.717, 1.165) is 29.2 Å². The second-order valence-electron chi connectivity index (χ2n) is 4.34. The van der Waals surface area contributed by atoms with Crippen LogP contribution in [0.15, 0.2) is 23.6 Å². The van der Waals surface area contributed by atoms with Gasteiger partial charge in [-0.3, -0.25) is 0 Å². The minimum absolute atomic E-state index is 0.159. The SMILES string of the molecule is CCCNC(c1csc(C)n1)c1cc(F)ccc1Cl. The zero-order chi connectivity index (χ0) is 13.8. The van der Waals surface area contributed by atoms with E-state index in [-0.39, 0.29) is 11.9 Å². The van der Waals surface area contributed by atoms with Crippen LogP contribution < -0.4 is 5.32 Å². The highest BCUT2D eigenvalue weighted by Gasteiger charge is 2.19. The van der Waals surface area contributed by atoms with Crippen LogP contribution in [0.3, 0.4) is 0 Å². The van der Waals surface area contributed by atoms with Gasteiger partial charge in [-0.1, -0.05) is 18.5 Å². The highest BCUT2D eigenvalue weighted by molar-refractivity contribution is 7.09. The molecular formula is C14H16ClFN2S. The standard InChI is InChI=1S/C14H16ClFN2S/c1-3-6-17-14(13-8-19-9(2)18-13)11-7-10(16)4-5-12(11)15/h4-5,7-8,14,17H,3,6H2,1-2H3. The third-order valence-electron chi connectivity index (χ3n) is 2.80. The first-order valence-corrected chi connectivity index (χ1v) is 7.48. The molecule has 2 rings (SSSR count). The summed E-state index contributed by atoms with van der Waals surface area (Å²) in [5.41, 5.74) is 1.63. The number of nitrogens with one attached hydrogen (secondary N) is 1. The summed E-state index contributed by atoms with van der Waals surface area (Å²) >= 11 is 7.78. The fraction of sp³-hybridized carbons (Fsp3) is 0.357. The van der Waals surface area contributed by atoms with Gasteiger partial charge in [-0.2, -0.15) is 0 Å². The van der Waals surface area contributed by atoms with Gasteiger partial charge in [0.1, 0.15) is 5.82 Å². The quantitative estimate of drug-likeness (QED) is 0.888. The molecule has 0 saturated heterocycles. The van der Waals surface area contributed by atoms with E-state index in [1.165, 1.54) is 12.1 Å². The van der Waals surface area contributed by atoms with Crippen molar-refractivity contribution in [3.63, 3.8) is 0 Å². The minimum Gasteiger partial charge on any atom is -0.305 e. The molecule has 2 aromatic rings. The van der Waals surface area contributed by atoms with E-state index in [4.69, 9.17) is 11.6 Å². The van der Waals surface area contributed by atoms with Crippen molar-refractivity contribution in [1.29, 1.82) is 0 Å². The third-order valence-corrected chi connectivity index (χ3v) is 3.94. The Kier molecular flexibility index (Phi) is 4.91. The van der Waals surface area contributed by atoms with E-state index in [1.807, 2.05) is 12.3 Å². The fourth-order valence-electron chi connectivity index (χ4n) is 1.91. The van der Waals surface area contributed by atoms with Crippen LogP contribution >= 0.6 is 22.9 Å². The predicted octanol–water partition coefficient (Wildman–Crippen LogP) is 4.33. The average Bonchev–Trinajstić information content (AvgIpc) is 2.80. The van der Waals surface area contributed by atoms with Gasteiger partial charge in [-0.25, -0.2) is 9.37 Å². The summed E-state index contributed by atoms with van der Waals surface area (Å²) < 4.78 is 13.4. The Morgan fingerprint density at radius 2 is 2.26 bits per heavy atom. The molecule has 1 unspecified atom stereocenters. The molecule has 0 radical (unpaired) electrons. The van der Waals surface area contributed by atoms with E-state index in [9.17, 15) is 4.39 Å². The maximum absolute atomic E-state index is 13.4. The molecule has 0 fully saturated rings. The molecule has 5 heteroatoms. The number of hydrogen-bond donors (Lipinski definition) is 1. The summed E-state index contributed by atoms with van der Waals surface area (Å²) in [7, 11) is 0. The maximum atomic E-state index is 13.4. The number of thiazole rings is 1. The van der Waals surface area contributed by atoms with Gasteiger partial charge >= 0.3 is 0 Å². The first-order valence-electron chi connectivity index (χ1n) is 6.22. The van der Waals surface area contributed by atoms with Crippen molar-refractivity contribution in [3.8, 4) is 0 Å². The van der Waals surface area contributed by atoms with Crippen LogP contribution in [0.2, 0.25) is 5.02 Å². The molecular weight excluding hydrogens is 283 g/mol. The molecule has 0 spiro atoms. The van der Waals surface area contributed by atoms with Crippen molar-refractivity contribution in [2.75, 3.05) is 6.54 Å². The molecule has 0 bridgehead atoms. The lowest BCUT2D eigenvalue weighted by Gasteiger charge is -2.18. The van der Waals surface area contributed by atoms with Gasteiger partial charge < -0.3 is 5.32 Å². The van der Waals surface area contributed by atoms with Gasteiger partial charge in [0.05, 0.1) is 16.7 Å². The summed E-state index contributed by atoms with van der Waals surface area (Å²) in [6.45, 7) is 4.87. The molecule has 102 valence electrons. The molecule has 1 aromatic heterocycles. The maximum Gasteiger partial charge on any atom is 0.123 e. The Bertz CT molecular complexity index is 556. The predicted molar refractivity (Wildman–Crippen MR) is 78.4 cm³/mol. The highest BCUT2D eigenvalue weighted by Crippen LogP contribution is 2.29. The summed E-state index contributed by atoms with van der Waals surface area (Å²) in [5, 5.41) is 6.91. The second kappa shape index (κ2) is 6.46. The first-order chi connectivity index (χ1) is 9.11. The summed E-state index contributed by atoms with van der Waals surface area (Å²) in [6, 6.07) is 4.28. The first kappa shape index (κ1) is 14.4. The smallest absolute Gasteiger partial charge is 0.123 e. The molecule has 1 heterocycles. The minimum atomic E-state index is -0.283. The number of nitrogens with zero attached hydrogens (tertiary/aromatic N) is 1. The largest absolute Gasteiger partial charge is 0.305 e. The van der Waals surface area contributed by atoms with Crippen LogP contribution in [0.5, 0.6) is 0 Å². The van der Waals surface area contributed by atoms with Crippen molar-refractivity contribution < 1.29 is 4.39 Å². The van der Waals surface area contributed by atoms with E-state index in [1.54, 1.807) is 17.4 Å². The Hall–Kier alpha value is -0.970. The number of benzene rings is 1. The highest BCUT2D eigenvalue weighted by atomic mass is 35.5. The monoisotopic (exact) mass is 298 g/mol. The molecule has 0 saturated carbocycles. The summed E-state index contributed by atoms with van der Waals surface area (Å²) in [5.74, 6) is -0.283. The van der Waals surface area contributed by atoms with Crippen molar-refractivity contribution in [2.24, 2.45) is 0 Å². The average molecular weight is 299 g/mol. The van der Waals surface area contributed by atoms with E-state index in [0.29, 0.717) is 5.02 Å². The molecule has 0 aliphatic rings. The van der Waals surface area contributed by atoms with Gasteiger partial charge in [0.25, 0.3) is 0 Å². The molecule has 1 N–H and O–H groups in total. The number of halogens is 2. The number of aromatic nitrogens is 1. The van der Waals surface area contributed by atoms with Gasteiger partial charge in [0.15, 0.2) is 0 Å². The number of hydrogen-bond acceptors (Lipinski definition) is 3. The topological polar surface area (TPSA) is 24.9 Å². The Balaban J connectivity index is 2.39. The number of aryl methyl sites for hydroxylation is 1. The van der Waals surface area contributed by atoms with Crippen LogP contribution in [0.4, 0.5) is 4.39 Å². The van der Waals surface area contributed by atoms with Crippen LogP contribution in [0, 0.1) is 12.7 Å². The Morgan fingerprint density at radius 3 is 2.89 bits per heavy atom. The molecule has 1 atom stereocenters. The summed E-state index contributed by atoms with van der Waals surface area (Å²) in [4.78, 5) is 4.49. The number of rotatable bonds is 5. The molecule has 0 amide bonds. The van der Waals surface area contributed by atoms with Crippen LogP contribution in [0.1, 0.15) is 35.7 Å². The van der Waals surface area contributed by atoms with Crippen molar-refractivity contribution >= 4 is 22.9 Å². The van der Waals surface area contributed by atoms with Gasteiger partial charge in [0.2, 0.25) is 0 Å². The summed E-state index contributed by atoms with van der Waals surface area (Å²) in [6.07, 6.45) is 0.993. The molecule has 19 heavy (non-hydrogen) atoms. The Labute approximate surface area is 121 Å². The van der Waals surface area contributed by atoms with Gasteiger partial charge in [-0.05, 0) is 43.7 Å². The van der Waals surface area contributed by atoms with E-state index in [2.05, 4.69) is 17.2 Å². The lowest BCUT2D eigenvalue weighted by molar-refractivity contribution is 0.577. The lowest BCUT2D eigenvalue weighted by Crippen LogP contribution is -2.24. The van der Waals surface area contributed by atoms with Crippen LogP contribution in [-0.2, 0) is 0 Å². The molecule has 2 nitrogen and oxygen atoms in total. The van der Waals surface area contributed by atoms with E-state index < -0.39 is 0 Å². The van der Waals surface area contributed by atoms with E-state index >= 15 is 0 Å². The van der Waals surface area contributed by atoms with Crippen molar-refractivity contribution in [2.45, 2.75) is 26.3 Å². The third kappa shape index (κ3) is 3.53. The van der Waals surface area contributed by atoms with Crippen molar-refractivity contribution in [3.05, 3.63) is 50.7 Å². The molecule has 0 aliphatic carbocycles. The fourth-order valence-corrected chi connectivity index (χ4v) is 2.78. The molecule has 1 aromatic carbocycles. The zero-order valence-corrected chi connectivity index (χ0v) is 12.5. The Morgan fingerprint density at radius 1 is 1.47 bits per heavy atom. The van der Waals surface area contributed by atoms with Crippen molar-refractivity contribution in [1.82, 2.24) is 10.3 Å². The normalized spacial score (nSPS) is 12.6. The lowest BCUT2D eigenvalue weighted by atomic mass is 10.0. The van der Waals surface area contributed by atoms with Crippen LogP contribution in [0.25, 0.3) is 0 Å². The zero-order valence-electron chi connectivity index (χ0n) is 10.9. The molecule has 0 aliphatic heterocycles.